The first-order valence-corrected chi connectivity index (χ1v) is 18.7. The summed E-state index contributed by atoms with van der Waals surface area (Å²) >= 11 is 0. The molecular weight excluding hydrogens is 653 g/mol. The average Bonchev–Trinajstić information content (AvgIpc) is 3.65. The van der Waals surface area contributed by atoms with Crippen LogP contribution >= 0.6 is 7.75 Å². The van der Waals surface area contributed by atoms with Gasteiger partial charge in [-0.3, -0.25) is 14.1 Å². The van der Waals surface area contributed by atoms with Crippen LogP contribution in [0.25, 0.3) is 5.52 Å². The van der Waals surface area contributed by atoms with Crippen molar-refractivity contribution in [3.8, 4) is 5.75 Å². The summed E-state index contributed by atoms with van der Waals surface area (Å²) in [5, 5.41) is 31.9. The molecule has 0 spiro atoms. The minimum Gasteiger partial charge on any atom is -0.464 e. The summed E-state index contributed by atoms with van der Waals surface area (Å²) in [5.41, 5.74) is 0.902. The van der Waals surface area contributed by atoms with Gasteiger partial charge in [0.2, 0.25) is 5.91 Å². The summed E-state index contributed by atoms with van der Waals surface area (Å²) in [6.07, 6.45) is 3.99. The Morgan fingerprint density at radius 1 is 1.06 bits per heavy atom. The molecule has 49 heavy (non-hydrogen) atoms. The second kappa shape index (κ2) is 17.0. The summed E-state index contributed by atoms with van der Waals surface area (Å²) < 4.78 is 38.5. The zero-order chi connectivity index (χ0) is 35.0. The van der Waals surface area contributed by atoms with E-state index in [2.05, 4.69) is 20.5 Å². The first-order chi connectivity index (χ1) is 23.6. The molecule has 1 aliphatic heterocycles. The molecule has 2 fully saturated rings. The average molecular weight is 702 g/mol. The number of aliphatic hydroxyl groups is 2. The van der Waals surface area contributed by atoms with E-state index in [1.807, 2.05) is 13.8 Å². The number of nitrogens with one attached hydrogen (secondary N) is 2. The predicted molar refractivity (Wildman–Crippen MR) is 181 cm³/mol. The van der Waals surface area contributed by atoms with Crippen molar-refractivity contribution in [2.24, 2.45) is 11.8 Å². The summed E-state index contributed by atoms with van der Waals surface area (Å²) in [6, 6.07) is 10.6. The highest BCUT2D eigenvalue weighted by Gasteiger charge is 2.46. The molecule has 1 aromatic carbocycles. The van der Waals surface area contributed by atoms with Gasteiger partial charge in [0, 0.05) is 6.42 Å². The largest absolute Gasteiger partial charge is 0.464 e. The molecule has 6 atom stereocenters. The van der Waals surface area contributed by atoms with Crippen LogP contribution in [0.15, 0.2) is 48.8 Å². The lowest BCUT2D eigenvalue weighted by atomic mass is 9.87. The molecule has 0 unspecified atom stereocenters. The Bertz CT molecular complexity index is 1580. The number of rotatable bonds is 16. The van der Waals surface area contributed by atoms with Gasteiger partial charge in [0.25, 0.3) is 0 Å². The lowest BCUT2D eigenvalue weighted by Crippen LogP contribution is -2.37. The highest BCUT2D eigenvalue weighted by molar-refractivity contribution is 7.52. The maximum Gasteiger partial charge on any atom is 0.459 e. The molecule has 2 aliphatic rings. The normalized spacial score (nSPS) is 23.3. The number of carbonyl (C=O) groups is 2. The Morgan fingerprint density at radius 3 is 2.51 bits per heavy atom. The summed E-state index contributed by atoms with van der Waals surface area (Å²) in [4.78, 5) is 29.9. The third-order valence-electron chi connectivity index (χ3n) is 9.29. The van der Waals surface area contributed by atoms with Crippen molar-refractivity contribution in [3.63, 3.8) is 0 Å². The van der Waals surface area contributed by atoms with E-state index in [9.17, 15) is 24.4 Å². The van der Waals surface area contributed by atoms with Crippen molar-refractivity contribution in [2.75, 3.05) is 18.5 Å². The quantitative estimate of drug-likeness (QED) is 0.117. The number of carbonyl (C=O) groups excluding carboxylic acids is 2. The molecule has 5 rings (SSSR count). The molecular formula is C34H48N5O9P. The van der Waals surface area contributed by atoms with Crippen LogP contribution in [-0.2, 0) is 28.2 Å². The number of aliphatic hydroxyl groups excluding tert-OH is 2. The van der Waals surface area contributed by atoms with Crippen LogP contribution in [0.4, 0.5) is 5.82 Å². The van der Waals surface area contributed by atoms with E-state index in [0.29, 0.717) is 29.4 Å². The third kappa shape index (κ3) is 9.44. The standard InChI is InChI=1S/C34H48N5O9P/c1-4-23(5-2)19-45-34(43)22(3)38-49(44,48-25-14-10-7-11-15-25)46-20-28-30(41)31(42)32(47-28)26-16-17-27-33(35-21-36-39(26)27)37-29(40)18-24-12-8-6-9-13-24/h7,10-11,14-17,21-24,28,30-32,41-42H,4-6,8-9,12-13,18-20H2,1-3H3,(H,38,44)(H,35,36,37,40)/t22-,28+,30+,31+,32-,49-/m0/s1. The molecule has 1 amide bonds. The lowest BCUT2D eigenvalue weighted by molar-refractivity contribution is -0.146. The molecule has 2 aromatic heterocycles. The van der Waals surface area contributed by atoms with E-state index in [1.54, 1.807) is 42.5 Å². The smallest absolute Gasteiger partial charge is 0.459 e. The Kier molecular flexibility index (Phi) is 12.8. The van der Waals surface area contributed by atoms with Gasteiger partial charge in [-0.05, 0) is 55.9 Å². The number of ether oxygens (including phenoxy) is 2. The minimum atomic E-state index is -4.25. The van der Waals surface area contributed by atoms with Crippen molar-refractivity contribution in [1.29, 1.82) is 0 Å². The van der Waals surface area contributed by atoms with Crippen molar-refractivity contribution >= 4 is 31.0 Å². The van der Waals surface area contributed by atoms with Crippen LogP contribution in [0.2, 0.25) is 0 Å². The zero-order valence-corrected chi connectivity index (χ0v) is 29.2. The molecule has 0 radical (unpaired) electrons. The maximum atomic E-state index is 14.0. The van der Waals surface area contributed by atoms with Gasteiger partial charge < -0.3 is 29.5 Å². The molecule has 1 saturated heterocycles. The first-order valence-electron chi connectivity index (χ1n) is 17.2. The van der Waals surface area contributed by atoms with Gasteiger partial charge in [-0.25, -0.2) is 14.1 Å². The van der Waals surface area contributed by atoms with Gasteiger partial charge in [-0.2, -0.15) is 10.2 Å². The molecule has 1 saturated carbocycles. The highest BCUT2D eigenvalue weighted by atomic mass is 31.2. The van der Waals surface area contributed by atoms with Crippen molar-refractivity contribution < 1.29 is 42.9 Å². The number of fused-ring (bicyclic) bond motifs is 1. The van der Waals surface area contributed by atoms with Gasteiger partial charge in [0.15, 0.2) is 5.82 Å². The van der Waals surface area contributed by atoms with E-state index in [0.717, 1.165) is 38.5 Å². The van der Waals surface area contributed by atoms with Crippen molar-refractivity contribution in [1.82, 2.24) is 19.7 Å². The molecule has 268 valence electrons. The zero-order valence-electron chi connectivity index (χ0n) is 28.3. The van der Waals surface area contributed by atoms with E-state index in [-0.39, 0.29) is 24.2 Å². The summed E-state index contributed by atoms with van der Waals surface area (Å²) in [5.74, 6) is 0.379. The van der Waals surface area contributed by atoms with Crippen LogP contribution in [0.5, 0.6) is 5.75 Å². The SMILES string of the molecule is CCC(CC)COC(=O)[C@H](C)N[P@](=O)(OC[C@H]1O[C@@H](c2ccc3c(NC(=O)CC4CCCCC4)ncnn23)[C@H](O)[C@@H]1O)Oc1ccccc1. The fourth-order valence-electron chi connectivity index (χ4n) is 6.25. The number of amides is 1. The Balaban J connectivity index is 1.26. The highest BCUT2D eigenvalue weighted by Crippen LogP contribution is 2.46. The molecule has 14 nitrogen and oxygen atoms in total. The number of aromatic nitrogens is 3. The minimum absolute atomic E-state index is 0.121. The number of nitrogens with zero attached hydrogens (tertiary/aromatic N) is 3. The number of hydrogen-bond acceptors (Lipinski definition) is 11. The van der Waals surface area contributed by atoms with Crippen molar-refractivity contribution in [2.45, 2.75) is 103 Å². The fourth-order valence-corrected chi connectivity index (χ4v) is 7.76. The molecule has 3 heterocycles. The Hall–Kier alpha value is -3.39. The number of para-hydroxylation sites is 1. The maximum absolute atomic E-state index is 14.0. The molecule has 15 heteroatoms. The van der Waals surface area contributed by atoms with E-state index in [1.165, 1.54) is 24.2 Å². The predicted octanol–water partition coefficient (Wildman–Crippen LogP) is 4.96. The van der Waals surface area contributed by atoms with Gasteiger partial charge in [-0.15, -0.1) is 0 Å². The van der Waals surface area contributed by atoms with E-state index < -0.39 is 50.8 Å². The summed E-state index contributed by atoms with van der Waals surface area (Å²) in [6.45, 7) is 5.30. The first kappa shape index (κ1) is 36.9. The van der Waals surface area contributed by atoms with Crippen LogP contribution in [0.1, 0.15) is 83.9 Å². The van der Waals surface area contributed by atoms with Crippen LogP contribution in [0, 0.1) is 11.8 Å². The fraction of sp³-hybridized carbons (Fsp3) is 0.588. The topological polar surface area (TPSA) is 183 Å². The van der Waals surface area contributed by atoms with Crippen LogP contribution in [-0.4, -0.2) is 74.3 Å². The number of anilines is 1. The molecule has 4 N–H and O–H groups in total. The summed E-state index contributed by atoms with van der Waals surface area (Å²) in [7, 11) is -4.25. The monoisotopic (exact) mass is 701 g/mol. The van der Waals surface area contributed by atoms with Gasteiger partial charge in [0.1, 0.15) is 48.1 Å². The van der Waals surface area contributed by atoms with Crippen molar-refractivity contribution in [3.05, 3.63) is 54.5 Å². The molecule has 3 aromatic rings. The van der Waals surface area contributed by atoms with Crippen LogP contribution < -0.4 is 14.9 Å². The van der Waals surface area contributed by atoms with E-state index >= 15 is 0 Å². The Morgan fingerprint density at radius 2 is 1.80 bits per heavy atom. The number of benzene rings is 1. The Labute approximate surface area is 286 Å². The number of esters is 1. The van der Waals surface area contributed by atoms with Crippen LogP contribution in [0.3, 0.4) is 0 Å². The second-order valence-electron chi connectivity index (χ2n) is 12.9. The van der Waals surface area contributed by atoms with Gasteiger partial charge >= 0.3 is 13.7 Å². The van der Waals surface area contributed by atoms with E-state index in [4.69, 9.17) is 18.5 Å². The number of hydrogen-bond donors (Lipinski definition) is 4. The van der Waals surface area contributed by atoms with Gasteiger partial charge in [-0.1, -0.05) is 64.2 Å². The molecule has 0 bridgehead atoms. The second-order valence-corrected chi connectivity index (χ2v) is 14.6. The lowest BCUT2D eigenvalue weighted by Gasteiger charge is -2.25. The molecule has 1 aliphatic carbocycles. The third-order valence-corrected chi connectivity index (χ3v) is 10.9. The van der Waals surface area contributed by atoms with Gasteiger partial charge in [0.05, 0.1) is 18.9 Å².